The van der Waals surface area contributed by atoms with Crippen LogP contribution in [0.25, 0.3) is 0 Å². The monoisotopic (exact) mass is 337 g/mol. The number of pyridine rings is 1. The summed E-state index contributed by atoms with van der Waals surface area (Å²) in [5, 5.41) is 0. The molecule has 1 aromatic heterocycles. The zero-order valence-electron chi connectivity index (χ0n) is 15.5. The Labute approximate surface area is 150 Å². The van der Waals surface area contributed by atoms with Gasteiger partial charge in [-0.1, -0.05) is 26.0 Å². The summed E-state index contributed by atoms with van der Waals surface area (Å²) < 4.78 is 0. The summed E-state index contributed by atoms with van der Waals surface area (Å²) in [6.07, 6.45) is 3.35. The van der Waals surface area contributed by atoms with Gasteiger partial charge in [0.25, 0.3) is 5.91 Å². The van der Waals surface area contributed by atoms with Crippen molar-refractivity contribution in [3.63, 3.8) is 0 Å². The first-order valence-corrected chi connectivity index (χ1v) is 9.05. The van der Waals surface area contributed by atoms with Gasteiger partial charge in [0.05, 0.1) is 5.56 Å². The summed E-state index contributed by atoms with van der Waals surface area (Å²) >= 11 is 0. The van der Waals surface area contributed by atoms with E-state index in [0.717, 1.165) is 13.1 Å². The first kappa shape index (κ1) is 17.5. The second-order valence-electron chi connectivity index (χ2n) is 7.30. The minimum absolute atomic E-state index is 0.0721. The van der Waals surface area contributed by atoms with E-state index in [1.165, 1.54) is 11.3 Å². The van der Waals surface area contributed by atoms with E-state index >= 15 is 0 Å². The number of benzene rings is 1. The van der Waals surface area contributed by atoms with Gasteiger partial charge in [0.1, 0.15) is 0 Å². The van der Waals surface area contributed by atoms with Crippen LogP contribution in [0.1, 0.15) is 49.5 Å². The normalized spacial score (nSPS) is 20.8. The van der Waals surface area contributed by atoms with E-state index in [1.807, 2.05) is 17.0 Å². The first-order chi connectivity index (χ1) is 12.0. The molecule has 0 radical (unpaired) electrons. The molecule has 2 heterocycles. The Hall–Kier alpha value is -2.36. The van der Waals surface area contributed by atoms with Crippen LogP contribution in [0.2, 0.25) is 0 Å². The number of hydrogen-bond donors (Lipinski definition) is 0. The van der Waals surface area contributed by atoms with Gasteiger partial charge in [0.2, 0.25) is 0 Å². The number of anilines is 1. The standard InChI is InChI=1S/C21H27N3O/c1-15(2)18-7-9-20(10-8-18)23-13-16(3)24(17(4)14-23)21(25)19-6-5-11-22-12-19/h5-12,15-17H,13-14H2,1-4H3. The van der Waals surface area contributed by atoms with Gasteiger partial charge in [-0.3, -0.25) is 9.78 Å². The molecule has 4 nitrogen and oxygen atoms in total. The Balaban J connectivity index is 1.74. The summed E-state index contributed by atoms with van der Waals surface area (Å²) in [7, 11) is 0. The van der Waals surface area contributed by atoms with Crippen LogP contribution in [-0.4, -0.2) is 41.0 Å². The van der Waals surface area contributed by atoms with E-state index in [4.69, 9.17) is 0 Å². The van der Waals surface area contributed by atoms with Gasteiger partial charge in [0, 0.05) is 43.3 Å². The molecule has 4 heteroatoms. The molecule has 2 atom stereocenters. The van der Waals surface area contributed by atoms with Crippen LogP contribution < -0.4 is 4.90 Å². The molecule has 1 aliphatic rings. The number of piperazine rings is 1. The molecular weight excluding hydrogens is 310 g/mol. The average molecular weight is 337 g/mol. The fraction of sp³-hybridized carbons (Fsp3) is 0.429. The van der Waals surface area contributed by atoms with Crippen LogP contribution in [0, 0.1) is 0 Å². The molecule has 1 fully saturated rings. The van der Waals surface area contributed by atoms with Gasteiger partial charge < -0.3 is 9.80 Å². The highest BCUT2D eigenvalue weighted by Gasteiger charge is 2.33. The van der Waals surface area contributed by atoms with Crippen LogP contribution >= 0.6 is 0 Å². The molecule has 1 saturated heterocycles. The molecule has 25 heavy (non-hydrogen) atoms. The summed E-state index contributed by atoms with van der Waals surface area (Å²) in [4.78, 5) is 21.3. The predicted molar refractivity (Wildman–Crippen MR) is 102 cm³/mol. The van der Waals surface area contributed by atoms with Crippen LogP contribution in [0.3, 0.4) is 0 Å². The number of hydrogen-bond acceptors (Lipinski definition) is 3. The molecule has 0 spiro atoms. The van der Waals surface area contributed by atoms with Gasteiger partial charge >= 0.3 is 0 Å². The molecule has 1 aliphatic heterocycles. The van der Waals surface area contributed by atoms with Crippen molar-refractivity contribution in [2.45, 2.75) is 45.7 Å². The summed E-state index contributed by atoms with van der Waals surface area (Å²) in [5.41, 5.74) is 3.25. The van der Waals surface area contributed by atoms with Gasteiger partial charge in [-0.25, -0.2) is 0 Å². The highest BCUT2D eigenvalue weighted by Crippen LogP contribution is 2.25. The molecule has 1 amide bonds. The van der Waals surface area contributed by atoms with Crippen LogP contribution in [-0.2, 0) is 0 Å². The maximum Gasteiger partial charge on any atom is 0.256 e. The number of rotatable bonds is 3. The van der Waals surface area contributed by atoms with Crippen LogP contribution in [0.15, 0.2) is 48.8 Å². The van der Waals surface area contributed by atoms with Gasteiger partial charge in [-0.15, -0.1) is 0 Å². The fourth-order valence-corrected chi connectivity index (χ4v) is 3.64. The van der Waals surface area contributed by atoms with Crippen LogP contribution in [0.4, 0.5) is 5.69 Å². The largest absolute Gasteiger partial charge is 0.367 e. The van der Waals surface area contributed by atoms with Crippen molar-refractivity contribution >= 4 is 11.6 Å². The Bertz CT molecular complexity index is 700. The SMILES string of the molecule is CC(C)c1ccc(N2CC(C)N(C(=O)c3cccnc3)C(C)C2)cc1. The molecule has 0 saturated carbocycles. The van der Waals surface area contributed by atoms with Crippen molar-refractivity contribution in [2.75, 3.05) is 18.0 Å². The van der Waals surface area contributed by atoms with Crippen molar-refractivity contribution in [2.24, 2.45) is 0 Å². The number of carbonyl (C=O) groups is 1. The number of carbonyl (C=O) groups excluding carboxylic acids is 1. The van der Waals surface area contributed by atoms with E-state index in [9.17, 15) is 4.79 Å². The molecule has 132 valence electrons. The third kappa shape index (κ3) is 3.68. The quantitative estimate of drug-likeness (QED) is 0.851. The molecule has 0 bridgehead atoms. The average Bonchev–Trinajstić information content (AvgIpc) is 2.61. The predicted octanol–water partition coefficient (Wildman–Crippen LogP) is 3.94. The van der Waals surface area contributed by atoms with Gasteiger partial charge in [-0.2, -0.15) is 0 Å². The molecule has 2 unspecified atom stereocenters. The Kier molecular flexibility index (Phi) is 5.07. The lowest BCUT2D eigenvalue weighted by molar-refractivity contribution is 0.0574. The van der Waals surface area contributed by atoms with E-state index in [0.29, 0.717) is 11.5 Å². The Morgan fingerprint density at radius 3 is 2.24 bits per heavy atom. The minimum Gasteiger partial charge on any atom is -0.367 e. The van der Waals surface area contributed by atoms with Crippen molar-refractivity contribution in [3.05, 3.63) is 59.9 Å². The minimum atomic E-state index is 0.0721. The number of amides is 1. The molecule has 2 aromatic rings. The van der Waals surface area contributed by atoms with Crippen molar-refractivity contribution in [3.8, 4) is 0 Å². The molecule has 0 N–H and O–H groups in total. The Morgan fingerprint density at radius 2 is 1.72 bits per heavy atom. The third-order valence-corrected chi connectivity index (χ3v) is 4.99. The van der Waals surface area contributed by atoms with E-state index < -0.39 is 0 Å². The van der Waals surface area contributed by atoms with Gasteiger partial charge in [0.15, 0.2) is 0 Å². The third-order valence-electron chi connectivity index (χ3n) is 4.99. The highest BCUT2D eigenvalue weighted by atomic mass is 16.2. The van der Waals surface area contributed by atoms with Crippen molar-refractivity contribution < 1.29 is 4.79 Å². The van der Waals surface area contributed by atoms with E-state index in [1.54, 1.807) is 12.4 Å². The number of nitrogens with zero attached hydrogens (tertiary/aromatic N) is 3. The lowest BCUT2D eigenvalue weighted by Gasteiger charge is -2.45. The smallest absolute Gasteiger partial charge is 0.256 e. The summed E-state index contributed by atoms with van der Waals surface area (Å²) in [6.45, 7) is 10.4. The lowest BCUT2D eigenvalue weighted by atomic mass is 10.0. The summed E-state index contributed by atoms with van der Waals surface area (Å²) in [5.74, 6) is 0.615. The second kappa shape index (κ2) is 7.26. The maximum absolute atomic E-state index is 12.9. The Morgan fingerprint density at radius 1 is 1.08 bits per heavy atom. The zero-order valence-corrected chi connectivity index (χ0v) is 15.5. The zero-order chi connectivity index (χ0) is 18.0. The van der Waals surface area contributed by atoms with E-state index in [-0.39, 0.29) is 18.0 Å². The molecular formula is C21H27N3O. The van der Waals surface area contributed by atoms with Crippen molar-refractivity contribution in [1.82, 2.24) is 9.88 Å². The highest BCUT2D eigenvalue weighted by molar-refractivity contribution is 5.94. The van der Waals surface area contributed by atoms with E-state index in [2.05, 4.69) is 61.8 Å². The second-order valence-corrected chi connectivity index (χ2v) is 7.30. The first-order valence-electron chi connectivity index (χ1n) is 9.05. The fourth-order valence-electron chi connectivity index (χ4n) is 3.64. The topological polar surface area (TPSA) is 36.4 Å². The van der Waals surface area contributed by atoms with Gasteiger partial charge in [-0.05, 0) is 49.6 Å². The number of aromatic nitrogens is 1. The lowest BCUT2D eigenvalue weighted by Crippen LogP contribution is -2.58. The molecule has 3 rings (SSSR count). The molecule has 1 aromatic carbocycles. The van der Waals surface area contributed by atoms with Crippen molar-refractivity contribution in [1.29, 1.82) is 0 Å². The molecule has 0 aliphatic carbocycles. The van der Waals surface area contributed by atoms with Crippen LogP contribution in [0.5, 0.6) is 0 Å². The summed E-state index contributed by atoms with van der Waals surface area (Å²) in [6, 6.07) is 12.8. The maximum atomic E-state index is 12.9.